The van der Waals surface area contributed by atoms with Crippen molar-refractivity contribution in [3.8, 4) is 17.2 Å². The SMILES string of the molecule is CCCCCCCCNCCNCC1C(O)C2C3C[C@H](CC[C@H]3O)[C@H]3NC(=O)[C@@H]4NC(=O)[C@H](CC(N)=O)NC(=O)[C@H](NC(=O)[C@@H](CC(C)C)NC)[C@H](O)[C@H]5CC[C@@H](Oc6cc4cc(c6O[C@@H]4O[C@H](CO)[C@@H](O)[C@H](O)[C@H]4O)O[C@@H]4CC[C@@H](C[C@@H]4Cl)[C@@H](O)[C@H](NC3=O)C(=O)N[C@H](C(=O)NC3C4CC6CC(C4)CC3C6)C2C[C@@H]1O)[C@H](Cl)C5. The van der Waals surface area contributed by atoms with Gasteiger partial charge in [0.25, 0.3) is 0 Å². The van der Waals surface area contributed by atoms with Crippen molar-refractivity contribution in [2.45, 2.75) is 301 Å². The summed E-state index contributed by atoms with van der Waals surface area (Å²) in [4.78, 5) is 123. The molecule has 0 aromatic heterocycles. The molecule has 6 heterocycles. The molecular formula is C80H125Cl2N11O21. The molecule has 10 fully saturated rings. The van der Waals surface area contributed by atoms with E-state index in [2.05, 4.69) is 60.1 Å². The van der Waals surface area contributed by atoms with Crippen molar-refractivity contribution in [2.24, 2.45) is 76.7 Å². The number of hydrogen-bond donors (Lipinski definition) is 20. The van der Waals surface area contributed by atoms with Crippen LogP contribution >= 0.6 is 23.2 Å². The number of rotatable bonds is 24. The third kappa shape index (κ3) is 20.1. The first-order chi connectivity index (χ1) is 54.5. The number of carbonyl (C=O) groups is 8. The molecular weight excluding hydrogens is 1520 g/mol. The van der Waals surface area contributed by atoms with Crippen molar-refractivity contribution in [1.82, 2.24) is 53.2 Å². The van der Waals surface area contributed by atoms with E-state index in [0.717, 1.165) is 64.3 Å². The average molecular weight is 1650 g/mol. The summed E-state index contributed by atoms with van der Waals surface area (Å²) < 4.78 is 26.3. The zero-order valence-corrected chi connectivity index (χ0v) is 67.4. The summed E-state index contributed by atoms with van der Waals surface area (Å²) in [6.45, 7) is 7.01. The Kier molecular flexibility index (Phi) is 30.1. The first-order valence-corrected chi connectivity index (χ1v) is 43.1. The molecule has 8 saturated carbocycles. The molecule has 5 unspecified atom stereocenters. The summed E-state index contributed by atoms with van der Waals surface area (Å²) in [5.74, 6) is -14.8. The van der Waals surface area contributed by atoms with Crippen LogP contribution in [0.25, 0.3) is 0 Å². The largest absolute Gasteiger partial charge is 0.485 e. The Hall–Kier alpha value is -5.56. The van der Waals surface area contributed by atoms with Gasteiger partial charge in [0, 0.05) is 31.6 Å². The fourth-order valence-corrected chi connectivity index (χ4v) is 22.1. The van der Waals surface area contributed by atoms with Crippen molar-refractivity contribution in [2.75, 3.05) is 39.8 Å². The highest BCUT2D eigenvalue weighted by Gasteiger charge is 2.58. The Balaban J connectivity index is 0.970. The van der Waals surface area contributed by atoms with Gasteiger partial charge in [0.1, 0.15) is 72.9 Å². The van der Waals surface area contributed by atoms with Gasteiger partial charge in [-0.05, 0) is 206 Å². The zero-order chi connectivity index (χ0) is 81.7. The third-order valence-corrected chi connectivity index (χ3v) is 28.1. The van der Waals surface area contributed by atoms with Crippen LogP contribution in [-0.4, -0.2) is 260 Å². The Bertz CT molecular complexity index is 3470. The van der Waals surface area contributed by atoms with Crippen LogP contribution in [0.15, 0.2) is 12.1 Å². The number of benzene rings is 1. The van der Waals surface area contributed by atoms with E-state index in [1.807, 2.05) is 13.8 Å². The Morgan fingerprint density at radius 2 is 1.21 bits per heavy atom. The van der Waals surface area contributed by atoms with Gasteiger partial charge in [-0.25, -0.2) is 0 Å². The number of carbonyl (C=O) groups excluding carboxylic acids is 8. The topological polar surface area (TPSA) is 502 Å². The van der Waals surface area contributed by atoms with Crippen LogP contribution < -0.4 is 73.1 Å². The second-order valence-electron chi connectivity index (χ2n) is 35.4. The maximum atomic E-state index is 16.5. The highest BCUT2D eigenvalue weighted by Crippen LogP contribution is 2.55. The number of ether oxygens (including phenoxy) is 4. The standard InChI is InChI=1S/C80H125Cl2N11O21/c1-5-6-7-8-9-10-17-85-18-19-86-33-46-52(96)31-45-59(68(46)100)44-26-38(11-14-51(44)95)61-75(106)93-65(79(110)91-63(45)77(108)88-60-41-22-36-21-37(24-41)25-42(60)23-36)67(99)40-13-16-54(48(82)28-40)112-56-30-43-29-55(72(56)114-80-71(103)70(102)69(101)57(34-94)113-80)111-53-15-12-39(27-47(53)81)66(98)64(92-73(104)49(84-4)20-35(2)3)78(109)87-50(32-58(83)97)74(105)89-62(43)76(107)90-61/h29-30,35-42,44-54,57,59-71,80,84-86,94-96,98-103H,5-28,31-34H2,1-4H3,(H2,83,97)(H,87,109)(H,88,108)(H,89,105)(H,90,107)(H,91,110)(H,92,104)(H,93,106)/t36?,37?,38-,39-,40-,41?,42?,44?,45?,46?,47+,48-,49+,50-,51+,52-,53+,54+,57+,59?,60?,61+,62+,63-,64+,65-,66+,67+,68?,69+,70-,71+,80-/m0/s1. The van der Waals surface area contributed by atoms with Gasteiger partial charge in [0.2, 0.25) is 59.3 Å². The lowest BCUT2D eigenvalue weighted by Gasteiger charge is -2.55. The molecule has 14 aliphatic rings. The number of nitrogens with two attached hydrogens (primary N) is 1. The van der Waals surface area contributed by atoms with Crippen LogP contribution in [0.4, 0.5) is 0 Å². The molecule has 28 atom stereocenters. The van der Waals surface area contributed by atoms with Gasteiger partial charge in [0.15, 0.2) is 11.5 Å². The predicted molar refractivity (Wildman–Crippen MR) is 414 cm³/mol. The summed E-state index contributed by atoms with van der Waals surface area (Å²) in [5, 5.41) is 136. The van der Waals surface area contributed by atoms with E-state index in [1.165, 1.54) is 25.0 Å². The molecule has 6 aliphatic heterocycles. The van der Waals surface area contributed by atoms with E-state index in [9.17, 15) is 55.5 Å². The first-order valence-electron chi connectivity index (χ1n) is 42.2. The maximum absolute atomic E-state index is 16.5. The number of aliphatic hydroxyl groups is 9. The van der Waals surface area contributed by atoms with E-state index >= 15 is 28.8 Å². The predicted octanol–water partition coefficient (Wildman–Crippen LogP) is -0.740. The van der Waals surface area contributed by atoms with E-state index in [0.29, 0.717) is 24.9 Å². The number of fused-ring (bicyclic) bond motifs is 15. The molecule has 15 bridgehead atoms. The Labute approximate surface area is 676 Å². The Morgan fingerprint density at radius 3 is 1.83 bits per heavy atom. The van der Waals surface area contributed by atoms with Crippen LogP contribution in [0.2, 0.25) is 0 Å². The molecule has 21 N–H and O–H groups in total. The highest BCUT2D eigenvalue weighted by atomic mass is 35.5. The summed E-state index contributed by atoms with van der Waals surface area (Å²) >= 11 is 14.8. The van der Waals surface area contributed by atoms with Gasteiger partial charge < -0.3 is 124 Å². The second kappa shape index (κ2) is 39.1. The number of alkyl halides is 2. The lowest BCUT2D eigenvalue weighted by atomic mass is 9.54. The highest BCUT2D eigenvalue weighted by molar-refractivity contribution is 6.21. The lowest BCUT2D eigenvalue weighted by molar-refractivity contribution is -0.278. The molecule has 2 saturated heterocycles. The van der Waals surface area contributed by atoms with Gasteiger partial charge >= 0.3 is 0 Å². The van der Waals surface area contributed by atoms with Crippen molar-refractivity contribution in [3.63, 3.8) is 0 Å². The molecule has 8 amide bonds. The number of halogens is 2. The maximum Gasteiger partial charge on any atom is 0.247 e. The summed E-state index contributed by atoms with van der Waals surface area (Å²) in [6.07, 6.45) is -8.67. The zero-order valence-electron chi connectivity index (χ0n) is 65.8. The van der Waals surface area contributed by atoms with E-state index in [-0.39, 0.29) is 118 Å². The number of likely N-dealkylation sites (N-methyl/N-ethyl adjacent to an activating group) is 1. The third-order valence-electron chi connectivity index (χ3n) is 27.2. The molecule has 32 nitrogen and oxygen atoms in total. The van der Waals surface area contributed by atoms with Crippen molar-refractivity contribution >= 4 is 70.5 Å². The summed E-state index contributed by atoms with van der Waals surface area (Å²) in [6, 6.07) is -9.88. The van der Waals surface area contributed by atoms with E-state index in [1.54, 1.807) is 7.05 Å². The van der Waals surface area contributed by atoms with Gasteiger partial charge in [-0.2, -0.15) is 0 Å². The second-order valence-corrected chi connectivity index (χ2v) is 36.5. The van der Waals surface area contributed by atoms with Crippen molar-refractivity contribution in [3.05, 3.63) is 17.7 Å². The van der Waals surface area contributed by atoms with Gasteiger partial charge in [-0.3, -0.25) is 38.4 Å². The molecule has 1 aromatic carbocycles. The molecule has 8 aliphatic carbocycles. The summed E-state index contributed by atoms with van der Waals surface area (Å²) in [5.41, 5.74) is 5.63. The van der Waals surface area contributed by atoms with Crippen LogP contribution in [0.5, 0.6) is 17.2 Å². The molecule has 0 radical (unpaired) electrons. The number of hydrogen-bond acceptors (Lipinski definition) is 24. The number of unbranched alkanes of at least 4 members (excludes halogenated alkanes) is 5. The van der Waals surface area contributed by atoms with Gasteiger partial charge in [-0.1, -0.05) is 52.9 Å². The normalized spacial score (nSPS) is 40.6. The smallest absolute Gasteiger partial charge is 0.247 e. The fourth-order valence-electron chi connectivity index (χ4n) is 21.2. The first kappa shape index (κ1) is 87.7. The summed E-state index contributed by atoms with van der Waals surface area (Å²) in [7, 11) is 1.54. The molecule has 15 rings (SSSR count). The average Bonchev–Trinajstić information content (AvgIpc) is 0.753. The fraction of sp³-hybridized carbons (Fsp3) is 0.825. The minimum absolute atomic E-state index is 0.00221. The van der Waals surface area contributed by atoms with E-state index < -0.39 is 234 Å². The number of amides is 8. The molecule has 0 spiro atoms. The van der Waals surface area contributed by atoms with Crippen LogP contribution in [0.1, 0.15) is 180 Å². The minimum atomic E-state index is -2.13. The quantitative estimate of drug-likeness (QED) is 0.0448. The van der Waals surface area contributed by atoms with Crippen molar-refractivity contribution < 1.29 is 103 Å². The Morgan fingerprint density at radius 1 is 0.596 bits per heavy atom. The molecule has 34 heteroatoms. The number of primary amides is 1. The number of aliphatic hydroxyl groups excluding tert-OH is 9. The number of nitrogens with one attached hydrogen (secondary N) is 10. The van der Waals surface area contributed by atoms with Crippen LogP contribution in [0.3, 0.4) is 0 Å². The molecule has 114 heavy (non-hydrogen) atoms. The molecule has 1 aromatic rings. The van der Waals surface area contributed by atoms with E-state index in [4.69, 9.17) is 47.9 Å². The van der Waals surface area contributed by atoms with Crippen LogP contribution in [0, 0.1) is 71.0 Å². The van der Waals surface area contributed by atoms with Gasteiger partial charge in [-0.15, -0.1) is 23.2 Å². The monoisotopic (exact) mass is 1650 g/mol. The van der Waals surface area contributed by atoms with Crippen molar-refractivity contribution in [1.29, 1.82) is 0 Å². The molecule has 640 valence electrons. The van der Waals surface area contributed by atoms with Crippen LogP contribution in [-0.2, 0) is 43.1 Å². The minimum Gasteiger partial charge on any atom is -0.485 e. The lowest BCUT2D eigenvalue weighted by Crippen LogP contribution is -2.68. The van der Waals surface area contributed by atoms with Gasteiger partial charge in [0.05, 0.1) is 60.3 Å².